The number of primary sulfonamides is 1. The Morgan fingerprint density at radius 2 is 1.88 bits per heavy atom. The van der Waals surface area contributed by atoms with E-state index in [0.29, 0.717) is 6.42 Å². The quantitative estimate of drug-likeness (QED) is 0.902. The highest BCUT2D eigenvalue weighted by atomic mass is 32.2. The zero-order valence-corrected chi connectivity index (χ0v) is 14.7. The van der Waals surface area contributed by atoms with Gasteiger partial charge in [0.15, 0.2) is 0 Å². The smallest absolute Gasteiger partial charge is 0.238 e. The minimum atomic E-state index is -3.67. The summed E-state index contributed by atoms with van der Waals surface area (Å²) in [6, 6.07) is 6.73. The van der Waals surface area contributed by atoms with Crippen LogP contribution >= 0.6 is 0 Å². The molecule has 6 heteroatoms. The zero-order valence-electron chi connectivity index (χ0n) is 13.9. The molecular formula is C18H24FNO3S. The maximum atomic E-state index is 14.2. The summed E-state index contributed by atoms with van der Waals surface area (Å²) in [5.74, 6) is 0.266. The van der Waals surface area contributed by atoms with Crippen molar-refractivity contribution >= 4 is 15.6 Å². The lowest BCUT2D eigenvalue weighted by atomic mass is 9.79. The largest absolute Gasteiger partial charge is 0.378 e. The lowest BCUT2D eigenvalue weighted by Gasteiger charge is -2.32. The highest BCUT2D eigenvalue weighted by Gasteiger charge is 2.34. The first-order chi connectivity index (χ1) is 11.4. The van der Waals surface area contributed by atoms with Gasteiger partial charge in [-0.1, -0.05) is 17.7 Å². The van der Waals surface area contributed by atoms with Gasteiger partial charge in [-0.25, -0.2) is 17.9 Å². The van der Waals surface area contributed by atoms with E-state index in [4.69, 9.17) is 9.88 Å². The molecule has 3 rings (SSSR count). The monoisotopic (exact) mass is 353 g/mol. The minimum absolute atomic E-state index is 0.121. The Hall–Kier alpha value is -1.24. The standard InChI is InChI=1S/C18H24FNO3S/c1-23-18-10-7-13(11-17(18)19)16-4-2-3-15(16)12-5-8-14(9-6-12)24(20,21)22/h5-6,8-9,13,17-18H,2-4,7,10-11H2,1H3,(H2,20,21,22). The molecule has 1 fully saturated rings. The number of allylic oxidation sites excluding steroid dienone is 2. The van der Waals surface area contributed by atoms with Gasteiger partial charge in [0.1, 0.15) is 6.17 Å². The van der Waals surface area contributed by atoms with E-state index in [9.17, 15) is 12.8 Å². The molecule has 0 bridgehead atoms. The average molecular weight is 353 g/mol. The van der Waals surface area contributed by atoms with Gasteiger partial charge in [-0.05, 0) is 67.7 Å². The summed E-state index contributed by atoms with van der Waals surface area (Å²) in [5.41, 5.74) is 3.62. The number of benzene rings is 1. The number of halogens is 1. The van der Waals surface area contributed by atoms with Gasteiger partial charge in [0, 0.05) is 7.11 Å². The molecule has 1 saturated carbocycles. The summed E-state index contributed by atoms with van der Waals surface area (Å²) < 4.78 is 42.2. The molecule has 0 heterocycles. The zero-order chi connectivity index (χ0) is 17.3. The molecule has 1 aromatic rings. The number of hydrogen-bond acceptors (Lipinski definition) is 3. The molecule has 0 amide bonds. The van der Waals surface area contributed by atoms with Crippen molar-refractivity contribution in [3.8, 4) is 0 Å². The van der Waals surface area contributed by atoms with Gasteiger partial charge in [0.2, 0.25) is 10.0 Å². The van der Waals surface area contributed by atoms with Gasteiger partial charge in [-0.15, -0.1) is 0 Å². The van der Waals surface area contributed by atoms with Crippen LogP contribution in [0.4, 0.5) is 4.39 Å². The fourth-order valence-electron chi connectivity index (χ4n) is 4.06. The summed E-state index contributed by atoms with van der Waals surface area (Å²) in [7, 11) is -2.10. The Labute approximate surface area is 142 Å². The Kier molecular flexibility index (Phi) is 5.08. The SMILES string of the molecule is COC1CCC(C2=C(c3ccc(S(N)(=O)=O)cc3)CCC2)CC1F. The lowest BCUT2D eigenvalue weighted by Crippen LogP contribution is -2.32. The van der Waals surface area contributed by atoms with Crippen LogP contribution in [0.3, 0.4) is 0 Å². The maximum Gasteiger partial charge on any atom is 0.238 e. The molecule has 0 saturated heterocycles. The Morgan fingerprint density at radius 3 is 2.46 bits per heavy atom. The van der Waals surface area contributed by atoms with Crippen LogP contribution in [0.1, 0.15) is 44.1 Å². The first kappa shape index (κ1) is 17.6. The molecule has 132 valence electrons. The maximum absolute atomic E-state index is 14.2. The fraction of sp³-hybridized carbons (Fsp3) is 0.556. The van der Waals surface area contributed by atoms with Crippen molar-refractivity contribution in [1.29, 1.82) is 0 Å². The summed E-state index contributed by atoms with van der Waals surface area (Å²) in [4.78, 5) is 0.121. The van der Waals surface area contributed by atoms with Gasteiger partial charge >= 0.3 is 0 Å². The van der Waals surface area contributed by atoms with E-state index in [0.717, 1.165) is 37.7 Å². The van der Waals surface area contributed by atoms with E-state index in [-0.39, 0.29) is 16.9 Å². The number of methoxy groups -OCH3 is 1. The molecule has 3 atom stereocenters. The number of alkyl halides is 1. The normalized spacial score (nSPS) is 28.4. The van der Waals surface area contributed by atoms with E-state index in [1.807, 2.05) is 12.1 Å². The van der Waals surface area contributed by atoms with E-state index in [2.05, 4.69) is 0 Å². The number of ether oxygens (including phenoxy) is 1. The van der Waals surface area contributed by atoms with Crippen LogP contribution in [0.15, 0.2) is 34.7 Å². The lowest BCUT2D eigenvalue weighted by molar-refractivity contribution is -0.00468. The van der Waals surface area contributed by atoms with Crippen LogP contribution < -0.4 is 5.14 Å². The molecule has 0 radical (unpaired) electrons. The first-order valence-corrected chi connectivity index (χ1v) is 9.97. The predicted octanol–water partition coefficient (Wildman–Crippen LogP) is 3.42. The van der Waals surface area contributed by atoms with E-state index >= 15 is 0 Å². The molecule has 3 unspecified atom stereocenters. The molecule has 1 aromatic carbocycles. The van der Waals surface area contributed by atoms with Gasteiger partial charge in [0.05, 0.1) is 11.0 Å². The average Bonchev–Trinajstić information content (AvgIpc) is 3.03. The Bertz CT molecular complexity index is 727. The Morgan fingerprint density at radius 1 is 1.17 bits per heavy atom. The predicted molar refractivity (Wildman–Crippen MR) is 91.6 cm³/mol. The molecule has 2 aliphatic carbocycles. The van der Waals surface area contributed by atoms with Crippen LogP contribution in [0.5, 0.6) is 0 Å². The first-order valence-electron chi connectivity index (χ1n) is 8.42. The topological polar surface area (TPSA) is 69.4 Å². The summed E-state index contributed by atoms with van der Waals surface area (Å²) in [5, 5.41) is 5.15. The van der Waals surface area contributed by atoms with E-state index in [1.54, 1.807) is 19.2 Å². The molecule has 0 aromatic heterocycles. The number of hydrogen-bond donors (Lipinski definition) is 1. The van der Waals surface area contributed by atoms with Crippen LogP contribution in [-0.2, 0) is 14.8 Å². The van der Waals surface area contributed by atoms with Crippen molar-refractivity contribution in [2.24, 2.45) is 11.1 Å². The molecule has 0 aliphatic heterocycles. The molecule has 0 spiro atoms. The van der Waals surface area contributed by atoms with Gasteiger partial charge in [0.25, 0.3) is 0 Å². The third-order valence-corrected chi connectivity index (χ3v) is 6.23. The highest BCUT2D eigenvalue weighted by Crippen LogP contribution is 2.43. The molecule has 4 nitrogen and oxygen atoms in total. The van der Waals surface area contributed by atoms with Crippen molar-refractivity contribution in [2.75, 3.05) is 7.11 Å². The highest BCUT2D eigenvalue weighted by molar-refractivity contribution is 7.89. The van der Waals surface area contributed by atoms with Gasteiger partial charge < -0.3 is 4.74 Å². The van der Waals surface area contributed by atoms with Gasteiger partial charge in [-0.2, -0.15) is 0 Å². The van der Waals surface area contributed by atoms with Crippen LogP contribution in [-0.4, -0.2) is 27.8 Å². The van der Waals surface area contributed by atoms with Crippen LogP contribution in [0.2, 0.25) is 0 Å². The molecule has 24 heavy (non-hydrogen) atoms. The third kappa shape index (κ3) is 3.55. The van der Waals surface area contributed by atoms with Crippen molar-refractivity contribution in [2.45, 2.75) is 55.7 Å². The van der Waals surface area contributed by atoms with Crippen molar-refractivity contribution < 1.29 is 17.5 Å². The van der Waals surface area contributed by atoms with E-state index in [1.165, 1.54) is 11.1 Å². The fourth-order valence-corrected chi connectivity index (χ4v) is 4.58. The summed E-state index contributed by atoms with van der Waals surface area (Å²) in [6.07, 6.45) is 4.08. The number of rotatable bonds is 4. The van der Waals surface area contributed by atoms with Crippen molar-refractivity contribution in [1.82, 2.24) is 0 Å². The van der Waals surface area contributed by atoms with Crippen LogP contribution in [0, 0.1) is 5.92 Å². The number of nitrogens with two attached hydrogens (primary N) is 1. The van der Waals surface area contributed by atoms with Crippen LogP contribution in [0.25, 0.3) is 5.57 Å². The summed E-state index contributed by atoms with van der Waals surface area (Å²) in [6.45, 7) is 0. The minimum Gasteiger partial charge on any atom is -0.378 e. The molecule has 2 aliphatic rings. The molecular weight excluding hydrogens is 329 g/mol. The second-order valence-electron chi connectivity index (χ2n) is 6.73. The van der Waals surface area contributed by atoms with Gasteiger partial charge in [-0.3, -0.25) is 0 Å². The third-order valence-electron chi connectivity index (χ3n) is 5.30. The summed E-state index contributed by atoms with van der Waals surface area (Å²) >= 11 is 0. The van der Waals surface area contributed by atoms with E-state index < -0.39 is 16.2 Å². The Balaban J connectivity index is 1.85. The number of sulfonamides is 1. The second-order valence-corrected chi connectivity index (χ2v) is 8.29. The van der Waals surface area contributed by atoms with Crippen molar-refractivity contribution in [3.63, 3.8) is 0 Å². The second kappa shape index (κ2) is 6.94. The van der Waals surface area contributed by atoms with Crippen molar-refractivity contribution in [3.05, 3.63) is 35.4 Å². The molecule has 2 N–H and O–H groups in total.